The monoisotopic (exact) mass is 352 g/mol. The quantitative estimate of drug-likeness (QED) is 0.715. The van der Waals surface area contributed by atoms with Crippen LogP contribution in [-0.2, 0) is 13.0 Å². The van der Waals surface area contributed by atoms with Gasteiger partial charge in [-0.15, -0.1) is 11.3 Å². The molecule has 0 spiro atoms. The van der Waals surface area contributed by atoms with Gasteiger partial charge in [0.1, 0.15) is 5.01 Å². The van der Waals surface area contributed by atoms with Gasteiger partial charge in [0.15, 0.2) is 0 Å². The summed E-state index contributed by atoms with van der Waals surface area (Å²) < 4.78 is 0. The first kappa shape index (κ1) is 17.1. The standard InChI is InChI=1S/C19H20N4OS/c1-3-14-6-8-16(9-7-14)23-19(24)21-12-17-13(2)22-18(25-17)15-5-4-10-20-11-15/h4-11H,3,12H2,1-2H3,(H2,21,23,24). The van der Waals surface area contributed by atoms with Gasteiger partial charge >= 0.3 is 6.03 Å². The van der Waals surface area contributed by atoms with Crippen molar-refractivity contribution in [3.8, 4) is 10.6 Å². The highest BCUT2D eigenvalue weighted by Gasteiger charge is 2.10. The van der Waals surface area contributed by atoms with E-state index in [2.05, 4.69) is 27.5 Å². The summed E-state index contributed by atoms with van der Waals surface area (Å²) in [5.41, 5.74) is 3.94. The van der Waals surface area contributed by atoms with Gasteiger partial charge in [-0.25, -0.2) is 9.78 Å². The van der Waals surface area contributed by atoms with Crippen LogP contribution in [-0.4, -0.2) is 16.0 Å². The third-order valence-corrected chi connectivity index (χ3v) is 5.04. The molecular formula is C19H20N4OS. The minimum absolute atomic E-state index is 0.222. The number of rotatable bonds is 5. The summed E-state index contributed by atoms with van der Waals surface area (Å²) in [6, 6.07) is 11.5. The molecule has 0 aliphatic carbocycles. The summed E-state index contributed by atoms with van der Waals surface area (Å²) >= 11 is 1.57. The van der Waals surface area contributed by atoms with Gasteiger partial charge < -0.3 is 10.6 Å². The molecule has 0 saturated heterocycles. The largest absolute Gasteiger partial charge is 0.333 e. The van der Waals surface area contributed by atoms with Crippen LogP contribution in [0.2, 0.25) is 0 Å². The Balaban J connectivity index is 1.59. The topological polar surface area (TPSA) is 66.9 Å². The highest BCUT2D eigenvalue weighted by Crippen LogP contribution is 2.27. The van der Waals surface area contributed by atoms with E-state index in [1.807, 2.05) is 43.3 Å². The Morgan fingerprint density at radius 2 is 2.00 bits per heavy atom. The number of aryl methyl sites for hydroxylation is 2. The second kappa shape index (κ2) is 7.90. The lowest BCUT2D eigenvalue weighted by molar-refractivity contribution is 0.252. The van der Waals surface area contributed by atoms with Crippen LogP contribution in [0.1, 0.15) is 23.1 Å². The van der Waals surface area contributed by atoms with Gasteiger partial charge in [-0.1, -0.05) is 19.1 Å². The minimum Gasteiger partial charge on any atom is -0.333 e. The van der Waals surface area contributed by atoms with Crippen molar-refractivity contribution in [2.24, 2.45) is 0 Å². The van der Waals surface area contributed by atoms with E-state index in [4.69, 9.17) is 0 Å². The highest BCUT2D eigenvalue weighted by atomic mass is 32.1. The second-order valence-corrected chi connectivity index (χ2v) is 6.71. The van der Waals surface area contributed by atoms with Crippen molar-refractivity contribution in [3.63, 3.8) is 0 Å². The molecule has 0 atom stereocenters. The van der Waals surface area contributed by atoms with Crippen LogP contribution >= 0.6 is 11.3 Å². The Kier molecular flexibility index (Phi) is 5.40. The summed E-state index contributed by atoms with van der Waals surface area (Å²) in [5, 5.41) is 6.65. The number of carbonyl (C=O) groups is 1. The molecular weight excluding hydrogens is 332 g/mol. The van der Waals surface area contributed by atoms with E-state index in [0.717, 1.165) is 33.3 Å². The summed E-state index contributed by atoms with van der Waals surface area (Å²) in [6.45, 7) is 4.50. The Bertz CT molecular complexity index is 844. The molecule has 6 heteroatoms. The lowest BCUT2D eigenvalue weighted by atomic mass is 10.1. The highest BCUT2D eigenvalue weighted by molar-refractivity contribution is 7.15. The summed E-state index contributed by atoms with van der Waals surface area (Å²) in [6.07, 6.45) is 4.52. The molecule has 0 saturated carbocycles. The van der Waals surface area contributed by atoms with E-state index < -0.39 is 0 Å². The maximum Gasteiger partial charge on any atom is 0.319 e. The molecule has 0 aliphatic rings. The molecule has 0 bridgehead atoms. The van der Waals surface area contributed by atoms with E-state index in [0.29, 0.717) is 6.54 Å². The normalized spacial score (nSPS) is 10.5. The van der Waals surface area contributed by atoms with Crippen LogP contribution in [0.25, 0.3) is 10.6 Å². The molecule has 0 unspecified atom stereocenters. The average molecular weight is 352 g/mol. The summed E-state index contributed by atoms with van der Waals surface area (Å²) in [7, 11) is 0. The number of thiazole rings is 1. The SMILES string of the molecule is CCc1ccc(NC(=O)NCc2sc(-c3cccnc3)nc2C)cc1. The van der Waals surface area contributed by atoms with Crippen molar-refractivity contribution in [1.29, 1.82) is 0 Å². The third kappa shape index (κ3) is 4.42. The van der Waals surface area contributed by atoms with Crippen molar-refractivity contribution in [3.05, 3.63) is 64.9 Å². The Hall–Kier alpha value is -2.73. The molecule has 128 valence electrons. The van der Waals surface area contributed by atoms with E-state index >= 15 is 0 Å². The molecule has 5 nitrogen and oxygen atoms in total. The molecule has 2 aromatic heterocycles. The number of amides is 2. The summed E-state index contributed by atoms with van der Waals surface area (Å²) in [4.78, 5) is 21.8. The van der Waals surface area contributed by atoms with Crippen molar-refractivity contribution in [2.75, 3.05) is 5.32 Å². The van der Waals surface area contributed by atoms with E-state index in [-0.39, 0.29) is 6.03 Å². The predicted molar refractivity (Wildman–Crippen MR) is 102 cm³/mol. The molecule has 0 fully saturated rings. The molecule has 2 amide bonds. The number of nitrogens with one attached hydrogen (secondary N) is 2. The summed E-state index contributed by atoms with van der Waals surface area (Å²) in [5.74, 6) is 0. The fourth-order valence-corrected chi connectivity index (χ4v) is 3.36. The van der Waals surface area contributed by atoms with Gasteiger partial charge in [0.05, 0.1) is 12.2 Å². The third-order valence-electron chi connectivity index (χ3n) is 3.83. The molecule has 0 radical (unpaired) electrons. The Labute approximate surface area is 151 Å². The minimum atomic E-state index is -0.222. The number of hydrogen-bond acceptors (Lipinski definition) is 4. The number of hydrogen-bond donors (Lipinski definition) is 2. The number of nitrogens with zero attached hydrogens (tertiary/aromatic N) is 2. The molecule has 2 N–H and O–H groups in total. The molecule has 3 rings (SSSR count). The molecule has 1 aromatic carbocycles. The second-order valence-electron chi connectivity index (χ2n) is 5.63. The van der Waals surface area contributed by atoms with Gasteiger partial charge in [-0.05, 0) is 43.2 Å². The number of carbonyl (C=O) groups excluding carboxylic acids is 1. The zero-order valence-electron chi connectivity index (χ0n) is 14.2. The predicted octanol–water partition coefficient (Wildman–Crippen LogP) is 4.40. The average Bonchev–Trinajstić information content (AvgIpc) is 3.02. The van der Waals surface area contributed by atoms with Crippen LogP contribution in [0.5, 0.6) is 0 Å². The molecule has 3 aromatic rings. The van der Waals surface area contributed by atoms with Gasteiger partial charge in [-0.2, -0.15) is 0 Å². The van der Waals surface area contributed by atoms with Gasteiger partial charge in [0, 0.05) is 28.5 Å². The first-order chi connectivity index (χ1) is 12.2. The molecule has 2 heterocycles. The van der Waals surface area contributed by atoms with E-state index in [1.54, 1.807) is 23.7 Å². The molecule has 0 aliphatic heterocycles. The lowest BCUT2D eigenvalue weighted by Crippen LogP contribution is -2.28. The zero-order chi connectivity index (χ0) is 17.6. The number of pyridine rings is 1. The number of anilines is 1. The van der Waals surface area contributed by atoms with Crippen LogP contribution < -0.4 is 10.6 Å². The Morgan fingerprint density at radius 1 is 1.20 bits per heavy atom. The van der Waals surface area contributed by atoms with Gasteiger partial charge in [0.25, 0.3) is 0 Å². The number of urea groups is 1. The lowest BCUT2D eigenvalue weighted by Gasteiger charge is -2.07. The maximum absolute atomic E-state index is 12.1. The van der Waals surface area contributed by atoms with Crippen LogP contribution in [0.4, 0.5) is 10.5 Å². The van der Waals surface area contributed by atoms with E-state index in [9.17, 15) is 4.79 Å². The fourth-order valence-electron chi connectivity index (χ4n) is 2.36. The Morgan fingerprint density at radius 3 is 2.68 bits per heavy atom. The van der Waals surface area contributed by atoms with E-state index in [1.165, 1.54) is 5.56 Å². The van der Waals surface area contributed by atoms with Gasteiger partial charge in [0.2, 0.25) is 0 Å². The first-order valence-electron chi connectivity index (χ1n) is 8.16. The number of aromatic nitrogens is 2. The smallest absolute Gasteiger partial charge is 0.319 e. The maximum atomic E-state index is 12.1. The van der Waals surface area contributed by atoms with Crippen molar-refractivity contribution >= 4 is 23.1 Å². The van der Waals surface area contributed by atoms with Crippen molar-refractivity contribution in [1.82, 2.24) is 15.3 Å². The zero-order valence-corrected chi connectivity index (χ0v) is 15.1. The van der Waals surface area contributed by atoms with Crippen LogP contribution in [0.3, 0.4) is 0 Å². The van der Waals surface area contributed by atoms with Crippen molar-refractivity contribution in [2.45, 2.75) is 26.8 Å². The first-order valence-corrected chi connectivity index (χ1v) is 8.98. The van der Waals surface area contributed by atoms with Crippen LogP contribution in [0.15, 0.2) is 48.8 Å². The molecule has 25 heavy (non-hydrogen) atoms. The fraction of sp³-hybridized carbons (Fsp3) is 0.211. The van der Waals surface area contributed by atoms with Gasteiger partial charge in [-0.3, -0.25) is 4.98 Å². The van der Waals surface area contributed by atoms with Crippen molar-refractivity contribution < 1.29 is 4.79 Å². The number of benzene rings is 1. The van der Waals surface area contributed by atoms with Crippen LogP contribution in [0, 0.1) is 6.92 Å².